The van der Waals surface area contributed by atoms with Crippen LogP contribution in [0.25, 0.3) is 0 Å². The van der Waals surface area contributed by atoms with Gasteiger partial charge >= 0.3 is 0 Å². The Bertz CT molecular complexity index is 263. The summed E-state index contributed by atoms with van der Waals surface area (Å²) in [6, 6.07) is 3.71. The van der Waals surface area contributed by atoms with E-state index in [-0.39, 0.29) is 0 Å². The molecule has 0 amide bonds. The van der Waals surface area contributed by atoms with Crippen LogP contribution in [0.4, 0.5) is 0 Å². The molecule has 0 aliphatic heterocycles. The third-order valence-electron chi connectivity index (χ3n) is 1.43. The largest absolute Gasteiger partial charge is 0.495 e. The topological polar surface area (TPSA) is 18.5 Å². The molecule has 0 aliphatic carbocycles. The van der Waals surface area contributed by atoms with Gasteiger partial charge in [0.05, 0.1) is 17.8 Å². The minimum atomic E-state index is 0.792. The molecular weight excluding hydrogens is 287 g/mol. The van der Waals surface area contributed by atoms with Gasteiger partial charge in [0.1, 0.15) is 11.5 Å². The van der Waals surface area contributed by atoms with Gasteiger partial charge in [-0.2, -0.15) is 0 Å². The smallest absolute Gasteiger partial charge is 0.137 e. The molecule has 0 spiro atoms. The summed E-state index contributed by atoms with van der Waals surface area (Å²) in [6.45, 7) is 0. The van der Waals surface area contributed by atoms with Crippen LogP contribution in [0, 0.1) is 3.57 Å². The third-order valence-corrected chi connectivity index (χ3v) is 2.75. The summed E-state index contributed by atoms with van der Waals surface area (Å²) in [6.07, 6.45) is 0. The third kappa shape index (κ3) is 1.98. The Kier molecular flexibility index (Phi) is 3.52. The number of hydrogen-bond donors (Lipinski definition) is 1. The molecule has 0 N–H and O–H groups in total. The summed E-state index contributed by atoms with van der Waals surface area (Å²) >= 11 is 6.39. The average molecular weight is 296 g/mol. The Morgan fingerprint density at radius 1 is 1.17 bits per heavy atom. The number of benzene rings is 1. The van der Waals surface area contributed by atoms with Gasteiger partial charge in [0.2, 0.25) is 0 Å². The van der Waals surface area contributed by atoms with Gasteiger partial charge in [-0.1, -0.05) is 0 Å². The maximum atomic E-state index is 5.13. The van der Waals surface area contributed by atoms with Gasteiger partial charge < -0.3 is 9.47 Å². The molecule has 1 aromatic rings. The van der Waals surface area contributed by atoms with Crippen LogP contribution in [0.5, 0.6) is 11.5 Å². The average Bonchev–Trinajstić information content (AvgIpc) is 2.08. The normalized spacial score (nSPS) is 9.67. The molecule has 1 rings (SSSR count). The summed E-state index contributed by atoms with van der Waals surface area (Å²) in [5.41, 5.74) is 0. The quantitative estimate of drug-likeness (QED) is 0.668. The fourth-order valence-corrected chi connectivity index (χ4v) is 1.84. The standard InChI is InChI=1S/C8H9IO2S/c1-10-6-3-5(12)4-7(11-2)8(6)9/h3-4,12H,1-2H3. The number of methoxy groups -OCH3 is 2. The summed E-state index contributed by atoms with van der Waals surface area (Å²) in [5.74, 6) is 1.58. The summed E-state index contributed by atoms with van der Waals surface area (Å²) < 4.78 is 11.2. The van der Waals surface area contributed by atoms with Crippen LogP contribution in [0.3, 0.4) is 0 Å². The maximum Gasteiger partial charge on any atom is 0.137 e. The van der Waals surface area contributed by atoms with Crippen molar-refractivity contribution in [1.29, 1.82) is 0 Å². The first-order valence-electron chi connectivity index (χ1n) is 3.29. The van der Waals surface area contributed by atoms with E-state index in [1.165, 1.54) is 0 Å². The highest BCUT2D eigenvalue weighted by Gasteiger charge is 2.07. The predicted octanol–water partition coefficient (Wildman–Crippen LogP) is 2.60. The summed E-state index contributed by atoms with van der Waals surface area (Å²) in [4.78, 5) is 0.837. The molecule has 66 valence electrons. The molecule has 0 fully saturated rings. The first-order valence-corrected chi connectivity index (χ1v) is 4.82. The van der Waals surface area contributed by atoms with Gasteiger partial charge in [-0.15, -0.1) is 12.6 Å². The van der Waals surface area contributed by atoms with Gasteiger partial charge in [-0.05, 0) is 34.7 Å². The van der Waals surface area contributed by atoms with Crippen molar-refractivity contribution in [2.75, 3.05) is 14.2 Å². The highest BCUT2D eigenvalue weighted by Crippen LogP contribution is 2.32. The zero-order chi connectivity index (χ0) is 9.14. The second-order valence-corrected chi connectivity index (χ2v) is 3.76. The van der Waals surface area contributed by atoms with Crippen LogP contribution < -0.4 is 9.47 Å². The van der Waals surface area contributed by atoms with Crippen LogP contribution in [-0.2, 0) is 0 Å². The molecular formula is C8H9IO2S. The highest BCUT2D eigenvalue weighted by molar-refractivity contribution is 14.1. The molecule has 0 aromatic heterocycles. The molecule has 2 nitrogen and oxygen atoms in total. The van der Waals surface area contributed by atoms with Crippen molar-refractivity contribution in [3.8, 4) is 11.5 Å². The van der Waals surface area contributed by atoms with Crippen molar-refractivity contribution in [1.82, 2.24) is 0 Å². The van der Waals surface area contributed by atoms with Crippen molar-refractivity contribution in [2.24, 2.45) is 0 Å². The zero-order valence-electron chi connectivity index (χ0n) is 6.80. The molecule has 0 radical (unpaired) electrons. The molecule has 0 atom stereocenters. The Balaban J connectivity index is 3.22. The second kappa shape index (κ2) is 4.23. The molecule has 0 heterocycles. The fraction of sp³-hybridized carbons (Fsp3) is 0.250. The van der Waals surface area contributed by atoms with E-state index >= 15 is 0 Å². The van der Waals surface area contributed by atoms with Gasteiger partial charge in [-0.3, -0.25) is 0 Å². The lowest BCUT2D eigenvalue weighted by atomic mass is 10.3. The lowest BCUT2D eigenvalue weighted by molar-refractivity contribution is 0.387. The van der Waals surface area contributed by atoms with E-state index in [4.69, 9.17) is 9.47 Å². The minimum absolute atomic E-state index is 0.792. The lowest BCUT2D eigenvalue weighted by Gasteiger charge is -2.08. The molecule has 0 unspecified atom stereocenters. The minimum Gasteiger partial charge on any atom is -0.495 e. The van der Waals surface area contributed by atoms with Gasteiger partial charge in [0.15, 0.2) is 0 Å². The van der Waals surface area contributed by atoms with E-state index in [0.717, 1.165) is 20.0 Å². The van der Waals surface area contributed by atoms with E-state index in [2.05, 4.69) is 35.2 Å². The summed E-state index contributed by atoms with van der Waals surface area (Å²) in [5, 5.41) is 0. The van der Waals surface area contributed by atoms with Crippen molar-refractivity contribution < 1.29 is 9.47 Å². The van der Waals surface area contributed by atoms with Crippen molar-refractivity contribution in [2.45, 2.75) is 4.90 Å². The maximum absolute atomic E-state index is 5.13. The van der Waals surface area contributed by atoms with Crippen LogP contribution >= 0.6 is 35.2 Å². The molecule has 0 saturated heterocycles. The first-order chi connectivity index (χ1) is 5.69. The Morgan fingerprint density at radius 2 is 1.58 bits per heavy atom. The second-order valence-electron chi connectivity index (χ2n) is 2.16. The number of halogens is 1. The van der Waals surface area contributed by atoms with E-state index in [9.17, 15) is 0 Å². The van der Waals surface area contributed by atoms with Crippen LogP contribution in [0.2, 0.25) is 0 Å². The molecule has 0 saturated carbocycles. The number of thiol groups is 1. The van der Waals surface area contributed by atoms with Gasteiger partial charge in [-0.25, -0.2) is 0 Å². The molecule has 0 bridgehead atoms. The molecule has 1 aromatic carbocycles. The molecule has 4 heteroatoms. The van der Waals surface area contributed by atoms with Crippen molar-refractivity contribution in [3.05, 3.63) is 15.7 Å². The fourth-order valence-electron chi connectivity index (χ4n) is 0.856. The van der Waals surface area contributed by atoms with Gasteiger partial charge in [0, 0.05) is 4.90 Å². The van der Waals surface area contributed by atoms with Crippen molar-refractivity contribution in [3.63, 3.8) is 0 Å². The van der Waals surface area contributed by atoms with Crippen LogP contribution in [0.1, 0.15) is 0 Å². The monoisotopic (exact) mass is 296 g/mol. The van der Waals surface area contributed by atoms with E-state index < -0.39 is 0 Å². The Morgan fingerprint density at radius 3 is 1.92 bits per heavy atom. The highest BCUT2D eigenvalue weighted by atomic mass is 127. The molecule has 12 heavy (non-hydrogen) atoms. The van der Waals surface area contributed by atoms with Crippen LogP contribution in [-0.4, -0.2) is 14.2 Å². The van der Waals surface area contributed by atoms with Gasteiger partial charge in [0.25, 0.3) is 0 Å². The predicted molar refractivity (Wildman–Crippen MR) is 59.5 cm³/mol. The SMILES string of the molecule is COc1cc(S)cc(OC)c1I. The van der Waals surface area contributed by atoms with Crippen LogP contribution in [0.15, 0.2) is 17.0 Å². The van der Waals surface area contributed by atoms with E-state index in [1.807, 2.05) is 12.1 Å². The summed E-state index contributed by atoms with van der Waals surface area (Å²) in [7, 11) is 3.26. The zero-order valence-corrected chi connectivity index (χ0v) is 9.85. The Labute approximate surface area is 90.8 Å². The number of rotatable bonds is 2. The lowest BCUT2D eigenvalue weighted by Crippen LogP contribution is -1.92. The van der Waals surface area contributed by atoms with Crippen molar-refractivity contribution >= 4 is 35.2 Å². The number of hydrogen-bond acceptors (Lipinski definition) is 3. The molecule has 0 aliphatic rings. The first kappa shape index (κ1) is 9.98. The number of ether oxygens (including phenoxy) is 2. The van der Waals surface area contributed by atoms with E-state index in [1.54, 1.807) is 14.2 Å². The Hall–Kier alpha value is -0.100. The van der Waals surface area contributed by atoms with E-state index in [0.29, 0.717) is 0 Å².